The molecule has 0 aliphatic heterocycles. The number of aromatic nitrogens is 3. The average molecular weight is 279 g/mol. The van der Waals surface area contributed by atoms with E-state index >= 15 is 0 Å². The summed E-state index contributed by atoms with van der Waals surface area (Å²) < 4.78 is 1.89. The maximum Gasteiger partial charge on any atom is 0.0848 e. The van der Waals surface area contributed by atoms with Crippen LogP contribution in [0.5, 0.6) is 0 Å². The summed E-state index contributed by atoms with van der Waals surface area (Å²) in [5, 5.41) is 8.62. The second kappa shape index (κ2) is 5.72. The molecule has 0 unspecified atom stereocenters. The van der Waals surface area contributed by atoms with Gasteiger partial charge < -0.3 is 5.32 Å². The fraction of sp³-hybridized carbons (Fsp3) is 0.429. The molecule has 4 nitrogen and oxygen atoms in total. The number of rotatable bonds is 4. The van der Waals surface area contributed by atoms with E-state index < -0.39 is 0 Å². The van der Waals surface area contributed by atoms with Gasteiger partial charge in [0.05, 0.1) is 22.1 Å². The Kier molecular flexibility index (Phi) is 4.22. The van der Waals surface area contributed by atoms with Gasteiger partial charge in [-0.25, -0.2) is 4.68 Å². The van der Waals surface area contributed by atoms with E-state index in [-0.39, 0.29) is 0 Å². The molecule has 2 rings (SSSR count). The number of hydrogen-bond acceptors (Lipinski definition) is 3. The number of halogens is 1. The molecule has 5 heteroatoms. The Morgan fingerprint density at radius 3 is 2.68 bits per heavy atom. The Balaban J connectivity index is 2.41. The third-order valence-corrected chi connectivity index (χ3v) is 3.56. The molecule has 1 N–H and O–H groups in total. The standard InChI is InChI=1S/C14H19ClN4/c1-9(2)17-8-12-7-16-6-5-13(12)19-11(4)14(15)10(3)18-19/h5-7,9,17H,8H2,1-4H3. The molecule has 2 aromatic rings. The van der Waals surface area contributed by atoms with Crippen LogP contribution in [0.1, 0.15) is 30.8 Å². The second-order valence-corrected chi connectivity index (χ2v) is 5.31. The summed E-state index contributed by atoms with van der Waals surface area (Å²) in [6, 6.07) is 2.39. The largest absolute Gasteiger partial charge is 0.310 e. The third-order valence-electron chi connectivity index (χ3n) is 3.01. The van der Waals surface area contributed by atoms with E-state index in [2.05, 4.69) is 29.2 Å². The normalized spacial score (nSPS) is 11.3. The fourth-order valence-corrected chi connectivity index (χ4v) is 2.05. The SMILES string of the molecule is Cc1nn(-c2ccncc2CNC(C)C)c(C)c1Cl. The van der Waals surface area contributed by atoms with Crippen LogP contribution in [0.4, 0.5) is 0 Å². The van der Waals surface area contributed by atoms with Crippen molar-refractivity contribution in [2.45, 2.75) is 40.3 Å². The molecule has 0 aliphatic carbocycles. The molecule has 0 amide bonds. The van der Waals surface area contributed by atoms with E-state index in [1.807, 2.05) is 30.8 Å². The van der Waals surface area contributed by atoms with Gasteiger partial charge >= 0.3 is 0 Å². The second-order valence-electron chi connectivity index (χ2n) is 4.94. The van der Waals surface area contributed by atoms with Crippen molar-refractivity contribution in [3.8, 4) is 5.69 Å². The van der Waals surface area contributed by atoms with Gasteiger partial charge in [0.1, 0.15) is 0 Å². The molecule has 2 heterocycles. The van der Waals surface area contributed by atoms with E-state index in [0.717, 1.165) is 34.2 Å². The number of pyridine rings is 1. The maximum atomic E-state index is 6.21. The Morgan fingerprint density at radius 2 is 2.11 bits per heavy atom. The molecule has 0 radical (unpaired) electrons. The Morgan fingerprint density at radius 1 is 1.37 bits per heavy atom. The maximum absolute atomic E-state index is 6.21. The first-order valence-electron chi connectivity index (χ1n) is 6.39. The molecule has 0 atom stereocenters. The van der Waals surface area contributed by atoms with Crippen molar-refractivity contribution < 1.29 is 0 Å². The van der Waals surface area contributed by atoms with Gasteiger partial charge in [-0.05, 0) is 19.9 Å². The molecule has 0 aliphatic rings. The first-order chi connectivity index (χ1) is 9.00. The van der Waals surface area contributed by atoms with Crippen molar-refractivity contribution >= 4 is 11.6 Å². The van der Waals surface area contributed by atoms with E-state index in [4.69, 9.17) is 11.6 Å². The summed E-state index contributed by atoms with van der Waals surface area (Å²) in [6.45, 7) is 8.89. The molecule has 102 valence electrons. The molecular formula is C14H19ClN4. The predicted molar refractivity (Wildman–Crippen MR) is 77.8 cm³/mol. The molecular weight excluding hydrogens is 260 g/mol. The van der Waals surface area contributed by atoms with Crippen LogP contribution >= 0.6 is 11.6 Å². The van der Waals surface area contributed by atoms with Crippen LogP contribution < -0.4 is 5.32 Å². The summed E-state index contributed by atoms with van der Waals surface area (Å²) in [4.78, 5) is 4.19. The van der Waals surface area contributed by atoms with Crippen molar-refractivity contribution in [3.05, 3.63) is 40.4 Å². The first-order valence-corrected chi connectivity index (χ1v) is 6.77. The highest BCUT2D eigenvalue weighted by Gasteiger charge is 2.13. The third kappa shape index (κ3) is 2.96. The lowest BCUT2D eigenvalue weighted by Gasteiger charge is -2.13. The summed E-state index contributed by atoms with van der Waals surface area (Å²) in [7, 11) is 0. The average Bonchev–Trinajstić information content (AvgIpc) is 2.64. The van der Waals surface area contributed by atoms with Gasteiger partial charge in [0.15, 0.2) is 0 Å². The minimum absolute atomic E-state index is 0.428. The molecule has 0 saturated heterocycles. The molecule has 0 saturated carbocycles. The smallest absolute Gasteiger partial charge is 0.0848 e. The molecule has 0 aromatic carbocycles. The van der Waals surface area contributed by atoms with Crippen LogP contribution in [-0.4, -0.2) is 20.8 Å². The number of nitrogens with one attached hydrogen (secondary N) is 1. The van der Waals surface area contributed by atoms with Gasteiger partial charge in [-0.2, -0.15) is 5.10 Å². The monoisotopic (exact) mass is 278 g/mol. The number of hydrogen-bond donors (Lipinski definition) is 1. The van der Waals surface area contributed by atoms with Crippen LogP contribution in [0, 0.1) is 13.8 Å². The van der Waals surface area contributed by atoms with Crippen molar-refractivity contribution in [1.29, 1.82) is 0 Å². The van der Waals surface area contributed by atoms with Gasteiger partial charge in [-0.1, -0.05) is 25.4 Å². The summed E-state index contributed by atoms with van der Waals surface area (Å²) >= 11 is 6.21. The zero-order chi connectivity index (χ0) is 14.0. The summed E-state index contributed by atoms with van der Waals surface area (Å²) in [5.74, 6) is 0. The number of aryl methyl sites for hydroxylation is 1. The first kappa shape index (κ1) is 14.0. The van der Waals surface area contributed by atoms with Crippen LogP contribution in [0.2, 0.25) is 5.02 Å². The van der Waals surface area contributed by atoms with Crippen molar-refractivity contribution in [2.75, 3.05) is 0 Å². The Labute approximate surface area is 118 Å². The van der Waals surface area contributed by atoms with Crippen molar-refractivity contribution in [3.63, 3.8) is 0 Å². The van der Waals surface area contributed by atoms with Gasteiger partial charge in [0.25, 0.3) is 0 Å². The summed E-state index contributed by atoms with van der Waals surface area (Å²) in [6.07, 6.45) is 3.65. The highest BCUT2D eigenvalue weighted by atomic mass is 35.5. The van der Waals surface area contributed by atoms with Gasteiger partial charge in [-0.15, -0.1) is 0 Å². The number of nitrogens with zero attached hydrogens (tertiary/aromatic N) is 3. The predicted octanol–water partition coefficient (Wildman–Crippen LogP) is 3.04. The van der Waals surface area contributed by atoms with Crippen molar-refractivity contribution in [1.82, 2.24) is 20.1 Å². The lowest BCUT2D eigenvalue weighted by Crippen LogP contribution is -2.23. The van der Waals surface area contributed by atoms with Gasteiger partial charge in [0, 0.05) is 30.5 Å². The highest BCUT2D eigenvalue weighted by molar-refractivity contribution is 6.31. The Bertz CT molecular complexity index is 575. The lowest BCUT2D eigenvalue weighted by atomic mass is 10.2. The minimum Gasteiger partial charge on any atom is -0.310 e. The highest BCUT2D eigenvalue weighted by Crippen LogP contribution is 2.23. The van der Waals surface area contributed by atoms with Crippen LogP contribution in [0.15, 0.2) is 18.5 Å². The quantitative estimate of drug-likeness (QED) is 0.935. The van der Waals surface area contributed by atoms with E-state index in [1.54, 1.807) is 6.20 Å². The van der Waals surface area contributed by atoms with Crippen LogP contribution in [0.25, 0.3) is 5.69 Å². The minimum atomic E-state index is 0.428. The van der Waals surface area contributed by atoms with Gasteiger partial charge in [-0.3, -0.25) is 4.98 Å². The molecule has 0 spiro atoms. The van der Waals surface area contributed by atoms with E-state index in [9.17, 15) is 0 Å². The fourth-order valence-electron chi connectivity index (χ4n) is 1.93. The van der Waals surface area contributed by atoms with Crippen molar-refractivity contribution in [2.24, 2.45) is 0 Å². The Hall–Kier alpha value is -1.39. The van der Waals surface area contributed by atoms with Gasteiger partial charge in [0.2, 0.25) is 0 Å². The van der Waals surface area contributed by atoms with E-state index in [0.29, 0.717) is 6.04 Å². The summed E-state index contributed by atoms with van der Waals surface area (Å²) in [5.41, 5.74) is 3.93. The molecule has 0 bridgehead atoms. The molecule has 19 heavy (non-hydrogen) atoms. The van der Waals surface area contributed by atoms with E-state index in [1.165, 1.54) is 0 Å². The van der Waals surface area contributed by atoms with Crippen LogP contribution in [-0.2, 0) is 6.54 Å². The zero-order valence-corrected chi connectivity index (χ0v) is 12.5. The zero-order valence-electron chi connectivity index (χ0n) is 11.7. The topological polar surface area (TPSA) is 42.7 Å². The molecule has 2 aromatic heterocycles. The van der Waals surface area contributed by atoms with Crippen LogP contribution in [0.3, 0.4) is 0 Å². The lowest BCUT2D eigenvalue weighted by molar-refractivity contribution is 0.585. The molecule has 0 fully saturated rings.